The highest BCUT2D eigenvalue weighted by atomic mass is 16.6. The molecule has 1 amide bonds. The van der Waals surface area contributed by atoms with Crippen molar-refractivity contribution in [3.05, 3.63) is 11.6 Å². The van der Waals surface area contributed by atoms with Crippen LogP contribution in [0.1, 0.15) is 97.8 Å². The Morgan fingerprint density at radius 3 is 2.42 bits per heavy atom. The number of nitrogens with zero attached hydrogens (tertiary/aromatic N) is 1. The topological polar surface area (TPSA) is 133 Å². The van der Waals surface area contributed by atoms with Crippen LogP contribution in [0.4, 0.5) is 0 Å². The number of rotatable bonds is 8. The predicted molar refractivity (Wildman–Crippen MR) is 153 cm³/mol. The molecule has 0 spiro atoms. The third-order valence-electron chi connectivity index (χ3n) is 11.8. The third-order valence-corrected chi connectivity index (χ3v) is 11.8. The molecule has 236 valence electrons. The van der Waals surface area contributed by atoms with Crippen LogP contribution in [0.5, 0.6) is 0 Å². The minimum Gasteiger partial charge on any atom is -0.467 e. The van der Waals surface area contributed by atoms with E-state index in [4.69, 9.17) is 14.2 Å². The lowest BCUT2D eigenvalue weighted by Gasteiger charge is -2.59. The number of methoxy groups -OCH3 is 1. The van der Waals surface area contributed by atoms with Crippen molar-refractivity contribution in [2.45, 2.75) is 109 Å². The van der Waals surface area contributed by atoms with Gasteiger partial charge in [-0.05, 0) is 87.0 Å². The van der Waals surface area contributed by atoms with E-state index < -0.39 is 47.4 Å². The highest BCUT2D eigenvalue weighted by molar-refractivity contribution is 5.94. The number of carbonyl (C=O) groups excluding carboxylic acids is 6. The largest absolute Gasteiger partial charge is 0.467 e. The van der Waals surface area contributed by atoms with E-state index in [1.807, 2.05) is 6.08 Å². The molecular formula is C33H45NO9. The van der Waals surface area contributed by atoms with Gasteiger partial charge in [-0.3, -0.25) is 24.0 Å². The molecule has 0 N–H and O–H groups in total. The van der Waals surface area contributed by atoms with E-state index in [0.717, 1.165) is 32.1 Å². The third kappa shape index (κ3) is 5.33. The molecule has 5 rings (SSSR count). The Labute approximate surface area is 253 Å². The van der Waals surface area contributed by atoms with Crippen LogP contribution >= 0.6 is 0 Å². The molecule has 1 saturated heterocycles. The van der Waals surface area contributed by atoms with E-state index in [0.29, 0.717) is 50.5 Å². The molecular weight excluding hydrogens is 554 g/mol. The molecule has 7 atom stereocenters. The number of hydrogen-bond donors (Lipinski definition) is 0. The van der Waals surface area contributed by atoms with Crippen molar-refractivity contribution in [2.75, 3.05) is 20.3 Å². The molecule has 3 saturated carbocycles. The number of esters is 3. The summed E-state index contributed by atoms with van der Waals surface area (Å²) in [5.74, 6) is -1.30. The van der Waals surface area contributed by atoms with E-state index in [1.165, 1.54) is 24.5 Å². The van der Waals surface area contributed by atoms with Crippen molar-refractivity contribution in [3.63, 3.8) is 0 Å². The van der Waals surface area contributed by atoms with E-state index in [9.17, 15) is 28.8 Å². The Morgan fingerprint density at radius 2 is 1.70 bits per heavy atom. The van der Waals surface area contributed by atoms with Gasteiger partial charge >= 0.3 is 17.9 Å². The van der Waals surface area contributed by atoms with E-state index in [1.54, 1.807) is 0 Å². The zero-order valence-electron chi connectivity index (χ0n) is 25.9. The summed E-state index contributed by atoms with van der Waals surface area (Å²) in [7, 11) is 1.28. The molecule has 5 aliphatic rings. The number of amides is 1. The van der Waals surface area contributed by atoms with E-state index in [-0.39, 0.29) is 35.9 Å². The number of allylic oxidation sites excluding steroid dienone is 1. The van der Waals surface area contributed by atoms with Crippen molar-refractivity contribution in [1.29, 1.82) is 0 Å². The number of hydrogen-bond acceptors (Lipinski definition) is 9. The average Bonchev–Trinajstić information content (AvgIpc) is 3.58. The van der Waals surface area contributed by atoms with Crippen molar-refractivity contribution in [2.24, 2.45) is 28.6 Å². The van der Waals surface area contributed by atoms with Crippen LogP contribution in [-0.2, 0) is 43.0 Å². The van der Waals surface area contributed by atoms with Crippen LogP contribution in [0.25, 0.3) is 0 Å². The van der Waals surface area contributed by atoms with Gasteiger partial charge in [0.15, 0.2) is 18.0 Å². The number of likely N-dealkylation sites (tertiary alicyclic amines) is 1. The summed E-state index contributed by atoms with van der Waals surface area (Å²) >= 11 is 0. The molecule has 0 unspecified atom stereocenters. The van der Waals surface area contributed by atoms with Gasteiger partial charge < -0.3 is 19.1 Å². The van der Waals surface area contributed by atoms with Crippen molar-refractivity contribution in [3.8, 4) is 0 Å². The fourth-order valence-electron chi connectivity index (χ4n) is 9.62. The maximum atomic E-state index is 13.9. The summed E-state index contributed by atoms with van der Waals surface area (Å²) in [6, 6.07) is -0.639. The molecule has 10 heteroatoms. The van der Waals surface area contributed by atoms with E-state index >= 15 is 0 Å². The fraction of sp³-hybridized carbons (Fsp3) is 0.758. The van der Waals surface area contributed by atoms with Crippen LogP contribution in [0.2, 0.25) is 0 Å². The molecule has 0 aromatic carbocycles. The normalized spacial score (nSPS) is 36.5. The first kappa shape index (κ1) is 31.4. The standard InChI is InChI=1S/C33H45NO9/c1-20(35)43-33(27(37)19-42-29(39)10-9-28(38)34-17-5-6-26(34)30(40)41-4)16-13-25-23-8-7-21-18-22(36)11-14-31(21,2)24(23)12-15-32(25,33)3/h18,23-26H,5-17,19H2,1-4H3/t23-,24+,25+,26-,31-,32-,33-/m0/s1. The minimum atomic E-state index is -1.38. The zero-order valence-corrected chi connectivity index (χ0v) is 25.9. The lowest BCUT2D eigenvalue weighted by Crippen LogP contribution is -2.59. The minimum absolute atomic E-state index is 0.0201. The first-order chi connectivity index (χ1) is 20.4. The first-order valence-corrected chi connectivity index (χ1v) is 15.9. The number of ketones is 2. The SMILES string of the molecule is COC(=O)[C@@H]1CCCN1C(=O)CCC(=O)OCC(=O)[C@@]1(OC(C)=O)CC[C@@H]2[C@H]3CCC4=CC(=O)CC[C@]4(C)[C@@H]3CC[C@@]21C. The smallest absolute Gasteiger partial charge is 0.328 e. The zero-order chi connectivity index (χ0) is 31.2. The van der Waals surface area contributed by atoms with Gasteiger partial charge in [-0.2, -0.15) is 0 Å². The van der Waals surface area contributed by atoms with E-state index in [2.05, 4.69) is 13.8 Å². The maximum Gasteiger partial charge on any atom is 0.328 e. The van der Waals surface area contributed by atoms with Crippen LogP contribution in [0.3, 0.4) is 0 Å². The molecule has 0 aromatic rings. The fourth-order valence-corrected chi connectivity index (χ4v) is 9.62. The molecule has 4 fully saturated rings. The van der Waals surface area contributed by atoms with Crippen LogP contribution in [-0.4, -0.2) is 72.2 Å². The lowest BCUT2D eigenvalue weighted by atomic mass is 9.46. The van der Waals surface area contributed by atoms with Gasteiger partial charge in [0.25, 0.3) is 0 Å². The van der Waals surface area contributed by atoms with Gasteiger partial charge in [0.1, 0.15) is 6.04 Å². The van der Waals surface area contributed by atoms with Gasteiger partial charge in [0.05, 0.1) is 13.5 Å². The monoisotopic (exact) mass is 599 g/mol. The van der Waals surface area contributed by atoms with Crippen molar-refractivity contribution in [1.82, 2.24) is 4.90 Å². The Kier molecular flexibility index (Phi) is 8.62. The summed E-state index contributed by atoms with van der Waals surface area (Å²) in [5.41, 5.74) is -0.730. The van der Waals surface area contributed by atoms with Crippen molar-refractivity contribution < 1.29 is 43.0 Å². The van der Waals surface area contributed by atoms with Crippen molar-refractivity contribution >= 4 is 35.4 Å². The average molecular weight is 600 g/mol. The molecule has 0 bridgehead atoms. The molecule has 43 heavy (non-hydrogen) atoms. The predicted octanol–water partition coefficient (Wildman–Crippen LogP) is 3.88. The van der Waals surface area contributed by atoms with Gasteiger partial charge in [-0.1, -0.05) is 19.4 Å². The Bertz CT molecular complexity index is 1240. The van der Waals surface area contributed by atoms with Gasteiger partial charge in [0, 0.05) is 31.7 Å². The molecule has 4 aliphatic carbocycles. The number of fused-ring (bicyclic) bond motifs is 5. The summed E-state index contributed by atoms with van der Waals surface area (Å²) in [6.45, 7) is 5.57. The summed E-state index contributed by atoms with van der Waals surface area (Å²) in [6.07, 6.45) is 8.66. The van der Waals surface area contributed by atoms with Gasteiger partial charge in [-0.25, -0.2) is 4.79 Å². The Hall–Kier alpha value is -3.04. The van der Waals surface area contributed by atoms with Crippen LogP contribution < -0.4 is 0 Å². The number of Topliss-reactive ketones (excluding diaryl/α,β-unsaturated/α-hetero) is 1. The van der Waals surface area contributed by atoms with Gasteiger partial charge in [-0.15, -0.1) is 0 Å². The molecule has 0 aromatic heterocycles. The molecule has 0 radical (unpaired) electrons. The second kappa shape index (κ2) is 11.8. The molecule has 10 nitrogen and oxygen atoms in total. The number of carbonyl (C=O) groups is 6. The Balaban J connectivity index is 1.25. The molecule has 1 heterocycles. The van der Waals surface area contributed by atoms with Gasteiger partial charge in [0.2, 0.25) is 11.7 Å². The second-order valence-electron chi connectivity index (χ2n) is 13.7. The first-order valence-electron chi connectivity index (χ1n) is 15.9. The summed E-state index contributed by atoms with van der Waals surface area (Å²) in [4.78, 5) is 77.3. The highest BCUT2D eigenvalue weighted by Crippen LogP contribution is 2.68. The van der Waals surface area contributed by atoms with Crippen LogP contribution in [0.15, 0.2) is 11.6 Å². The maximum absolute atomic E-state index is 13.9. The lowest BCUT2D eigenvalue weighted by molar-refractivity contribution is -0.191. The highest BCUT2D eigenvalue weighted by Gasteiger charge is 2.68. The quantitative estimate of drug-likeness (QED) is 0.301. The number of ether oxygens (including phenoxy) is 3. The second-order valence-corrected chi connectivity index (χ2v) is 13.7. The summed E-state index contributed by atoms with van der Waals surface area (Å²) < 4.78 is 16.1. The molecule has 1 aliphatic heterocycles. The Morgan fingerprint density at radius 1 is 0.953 bits per heavy atom. The summed E-state index contributed by atoms with van der Waals surface area (Å²) in [5, 5.41) is 0. The van der Waals surface area contributed by atoms with Crippen LogP contribution in [0, 0.1) is 28.6 Å².